The van der Waals surface area contributed by atoms with Gasteiger partial charge in [-0.05, 0) is 31.5 Å². The Kier molecular flexibility index (Phi) is 5.57. The summed E-state index contributed by atoms with van der Waals surface area (Å²) in [5, 5.41) is 17.7. The second kappa shape index (κ2) is 7.89. The largest absolute Gasteiger partial charge is 0.346 e. The number of halogens is 1. The van der Waals surface area contributed by atoms with Crippen LogP contribution >= 0.6 is 12.4 Å². The Balaban J connectivity index is 0.00000210. The van der Waals surface area contributed by atoms with E-state index in [2.05, 4.69) is 30.9 Å². The maximum atomic E-state index is 12.4. The summed E-state index contributed by atoms with van der Waals surface area (Å²) in [4.78, 5) is 16.9. The normalized spacial score (nSPS) is 13.0. The number of hydrogen-bond acceptors (Lipinski definition) is 5. The van der Waals surface area contributed by atoms with Crippen molar-refractivity contribution in [3.05, 3.63) is 58.3 Å². The van der Waals surface area contributed by atoms with E-state index in [0.29, 0.717) is 18.8 Å². The first-order valence-electron chi connectivity index (χ1n) is 8.65. The monoisotopic (exact) mass is 387 g/mol. The second-order valence-electron chi connectivity index (χ2n) is 6.50. The Bertz CT molecular complexity index is 945. The van der Waals surface area contributed by atoms with Crippen molar-refractivity contribution in [1.29, 1.82) is 0 Å². The summed E-state index contributed by atoms with van der Waals surface area (Å²) in [5.41, 5.74) is 5.40. The first-order valence-corrected chi connectivity index (χ1v) is 8.65. The van der Waals surface area contributed by atoms with Crippen LogP contribution in [0.5, 0.6) is 0 Å². The molecule has 3 N–H and O–H groups in total. The van der Waals surface area contributed by atoms with Crippen LogP contribution in [0.1, 0.15) is 38.7 Å². The van der Waals surface area contributed by atoms with Gasteiger partial charge in [0.1, 0.15) is 0 Å². The molecule has 3 aromatic heterocycles. The summed E-state index contributed by atoms with van der Waals surface area (Å²) >= 11 is 0. The average Bonchev–Trinajstić information content (AvgIpc) is 3.23. The van der Waals surface area contributed by atoms with Gasteiger partial charge < -0.3 is 10.6 Å². The maximum Gasteiger partial charge on any atom is 0.272 e. The lowest BCUT2D eigenvalue weighted by molar-refractivity contribution is 0.0944. The Morgan fingerprint density at radius 1 is 1.33 bits per heavy atom. The number of aromatic amines is 1. The molecule has 0 fully saturated rings. The highest BCUT2D eigenvalue weighted by molar-refractivity contribution is 5.94. The summed E-state index contributed by atoms with van der Waals surface area (Å²) in [6.07, 6.45) is 2.63. The Hall–Kier alpha value is -2.71. The van der Waals surface area contributed by atoms with Gasteiger partial charge in [-0.15, -0.1) is 12.4 Å². The fraction of sp³-hybridized carbons (Fsp3) is 0.333. The van der Waals surface area contributed by atoms with Gasteiger partial charge in [-0.25, -0.2) is 9.67 Å². The van der Waals surface area contributed by atoms with Crippen molar-refractivity contribution >= 4 is 18.3 Å². The smallest absolute Gasteiger partial charge is 0.272 e. The number of nitrogens with one attached hydrogen (secondary N) is 3. The second-order valence-corrected chi connectivity index (χ2v) is 6.50. The molecule has 0 unspecified atom stereocenters. The summed E-state index contributed by atoms with van der Waals surface area (Å²) in [7, 11) is 0. The number of nitrogens with zero attached hydrogens (tertiary/aromatic N) is 4. The Labute approximate surface area is 163 Å². The van der Waals surface area contributed by atoms with Crippen LogP contribution in [-0.4, -0.2) is 37.4 Å². The highest BCUT2D eigenvalue weighted by Gasteiger charge is 2.21. The number of carbonyl (C=O) groups excluding carboxylic acids is 1. The molecule has 27 heavy (non-hydrogen) atoms. The van der Waals surface area contributed by atoms with Gasteiger partial charge in [0.25, 0.3) is 5.91 Å². The molecule has 0 saturated carbocycles. The molecule has 0 aromatic carbocycles. The van der Waals surface area contributed by atoms with E-state index in [9.17, 15) is 4.79 Å². The van der Waals surface area contributed by atoms with E-state index < -0.39 is 0 Å². The molecule has 0 spiro atoms. The van der Waals surface area contributed by atoms with Gasteiger partial charge in [-0.1, -0.05) is 6.07 Å². The SMILES string of the molecule is Cc1cc(C)n(-c2ccc(CNC(=O)c3n[nH]c4c3CNCC4)cn2)n1.Cl. The molecule has 142 valence electrons. The molecule has 8 nitrogen and oxygen atoms in total. The van der Waals surface area contributed by atoms with Crippen molar-refractivity contribution < 1.29 is 4.79 Å². The number of aromatic nitrogens is 5. The van der Waals surface area contributed by atoms with Crippen LogP contribution in [0, 0.1) is 13.8 Å². The van der Waals surface area contributed by atoms with E-state index in [1.165, 1.54) is 0 Å². The number of hydrogen-bond donors (Lipinski definition) is 3. The van der Waals surface area contributed by atoms with Crippen molar-refractivity contribution in [2.45, 2.75) is 33.4 Å². The van der Waals surface area contributed by atoms with Crippen molar-refractivity contribution in [1.82, 2.24) is 35.6 Å². The summed E-state index contributed by atoms with van der Waals surface area (Å²) in [6.45, 7) is 5.93. The van der Waals surface area contributed by atoms with E-state index in [-0.39, 0.29) is 18.3 Å². The predicted molar refractivity (Wildman–Crippen MR) is 103 cm³/mol. The fourth-order valence-corrected chi connectivity index (χ4v) is 3.19. The highest BCUT2D eigenvalue weighted by Crippen LogP contribution is 2.15. The molecule has 0 aliphatic carbocycles. The molecule has 9 heteroatoms. The van der Waals surface area contributed by atoms with E-state index >= 15 is 0 Å². The Morgan fingerprint density at radius 2 is 2.19 bits per heavy atom. The van der Waals surface area contributed by atoms with Crippen molar-refractivity contribution in [2.24, 2.45) is 0 Å². The van der Waals surface area contributed by atoms with Gasteiger partial charge in [0, 0.05) is 49.2 Å². The number of amides is 1. The zero-order valence-corrected chi connectivity index (χ0v) is 16.1. The molecule has 1 aliphatic heterocycles. The summed E-state index contributed by atoms with van der Waals surface area (Å²) in [6, 6.07) is 5.86. The molecule has 0 bridgehead atoms. The van der Waals surface area contributed by atoms with Gasteiger partial charge >= 0.3 is 0 Å². The van der Waals surface area contributed by atoms with E-state index in [0.717, 1.165) is 47.0 Å². The lowest BCUT2D eigenvalue weighted by Crippen LogP contribution is -2.28. The van der Waals surface area contributed by atoms with E-state index in [1.807, 2.05) is 32.0 Å². The van der Waals surface area contributed by atoms with Crippen LogP contribution in [0.3, 0.4) is 0 Å². The molecule has 0 saturated heterocycles. The average molecular weight is 388 g/mol. The first kappa shape index (κ1) is 19.1. The van der Waals surface area contributed by atoms with E-state index in [1.54, 1.807) is 10.9 Å². The number of pyridine rings is 1. The highest BCUT2D eigenvalue weighted by atomic mass is 35.5. The third-order valence-electron chi connectivity index (χ3n) is 4.51. The van der Waals surface area contributed by atoms with Crippen molar-refractivity contribution in [2.75, 3.05) is 6.54 Å². The van der Waals surface area contributed by atoms with E-state index in [4.69, 9.17) is 0 Å². The van der Waals surface area contributed by atoms with Gasteiger partial charge in [-0.3, -0.25) is 9.89 Å². The molecule has 4 rings (SSSR count). The van der Waals surface area contributed by atoms with Gasteiger partial charge in [0.2, 0.25) is 0 Å². The molecule has 0 atom stereocenters. The van der Waals surface area contributed by atoms with Crippen LogP contribution in [0.2, 0.25) is 0 Å². The maximum absolute atomic E-state index is 12.4. The van der Waals surface area contributed by atoms with Crippen LogP contribution in [0.25, 0.3) is 5.82 Å². The molecule has 1 aliphatic rings. The quantitative estimate of drug-likeness (QED) is 0.631. The van der Waals surface area contributed by atoms with Crippen LogP contribution in [0.15, 0.2) is 24.4 Å². The lowest BCUT2D eigenvalue weighted by atomic mass is 10.1. The number of H-pyrrole nitrogens is 1. The minimum absolute atomic E-state index is 0. The third-order valence-corrected chi connectivity index (χ3v) is 4.51. The number of fused-ring (bicyclic) bond motifs is 1. The molecule has 1 amide bonds. The summed E-state index contributed by atoms with van der Waals surface area (Å²) in [5.74, 6) is 0.590. The number of aryl methyl sites for hydroxylation is 2. The van der Waals surface area contributed by atoms with Crippen molar-refractivity contribution in [3.8, 4) is 5.82 Å². The molecule has 0 radical (unpaired) electrons. The van der Waals surface area contributed by atoms with Crippen LogP contribution in [0.4, 0.5) is 0 Å². The molecular weight excluding hydrogens is 366 g/mol. The minimum atomic E-state index is -0.172. The standard InChI is InChI=1S/C18H21N7O.ClH/c1-11-7-12(2)25(24-11)16-4-3-13(8-20-16)9-21-18(26)17-14-10-19-6-5-15(14)22-23-17;/h3-4,7-8,19H,5-6,9-10H2,1-2H3,(H,21,26)(H,22,23);1H. The zero-order chi connectivity index (χ0) is 18.1. The fourth-order valence-electron chi connectivity index (χ4n) is 3.19. The van der Waals surface area contributed by atoms with Crippen molar-refractivity contribution in [3.63, 3.8) is 0 Å². The van der Waals surface area contributed by atoms with Gasteiger partial charge in [0.15, 0.2) is 11.5 Å². The summed E-state index contributed by atoms with van der Waals surface area (Å²) < 4.78 is 1.81. The zero-order valence-electron chi connectivity index (χ0n) is 15.2. The van der Waals surface area contributed by atoms with Gasteiger partial charge in [0.05, 0.1) is 5.69 Å². The predicted octanol–water partition coefficient (Wildman–Crippen LogP) is 1.60. The van der Waals surface area contributed by atoms with Crippen LogP contribution < -0.4 is 10.6 Å². The third kappa shape index (κ3) is 3.86. The number of carbonyl (C=O) groups is 1. The molecule has 3 aromatic rings. The lowest BCUT2D eigenvalue weighted by Gasteiger charge is -2.12. The minimum Gasteiger partial charge on any atom is -0.346 e. The van der Waals surface area contributed by atoms with Gasteiger partial charge in [-0.2, -0.15) is 10.2 Å². The number of rotatable bonds is 4. The van der Waals surface area contributed by atoms with Crippen LogP contribution in [-0.2, 0) is 19.5 Å². The topological polar surface area (TPSA) is 101 Å². The Morgan fingerprint density at radius 3 is 2.89 bits per heavy atom. The molecular formula is C18H22ClN7O. The molecule has 4 heterocycles. The first-order chi connectivity index (χ1) is 12.6.